The highest BCUT2D eigenvalue weighted by Gasteiger charge is 2.51. The van der Waals surface area contributed by atoms with Gasteiger partial charge < -0.3 is 10.4 Å². The Morgan fingerprint density at radius 2 is 2.08 bits per heavy atom. The lowest BCUT2D eigenvalue weighted by Gasteiger charge is -2.35. The predicted molar refractivity (Wildman–Crippen MR) is 79.9 cm³/mol. The number of piperidine rings is 1. The van der Waals surface area contributed by atoms with E-state index in [1.54, 1.807) is 6.07 Å². The second-order valence-corrected chi connectivity index (χ2v) is 6.59. The molecule has 3 unspecified atom stereocenters. The topological polar surface area (TPSA) is 90.2 Å². The van der Waals surface area contributed by atoms with Gasteiger partial charge >= 0.3 is 12.1 Å². The quantitative estimate of drug-likeness (QED) is 0.789. The van der Waals surface area contributed by atoms with Gasteiger partial charge in [-0.2, -0.15) is 18.4 Å². The van der Waals surface area contributed by atoms with E-state index in [-0.39, 0.29) is 16.9 Å². The molecule has 0 radical (unpaired) electrons. The van der Waals surface area contributed by atoms with Gasteiger partial charge in [-0.25, -0.2) is 9.18 Å². The molecule has 2 rings (SSSR count). The summed E-state index contributed by atoms with van der Waals surface area (Å²) in [6.45, 7) is 0. The molecule has 1 aliphatic rings. The molecule has 1 amide bonds. The predicted octanol–water partition coefficient (Wildman–Crippen LogP) is 2.92. The first-order valence-corrected chi connectivity index (χ1v) is 8.06. The smallest absolute Gasteiger partial charge is 0.393 e. The molecule has 134 valence electrons. The van der Waals surface area contributed by atoms with Gasteiger partial charge in [0.15, 0.2) is 0 Å². The number of hydrogen-bond acceptors (Lipinski definition) is 4. The normalized spacial score (nSPS) is 23.6. The molecule has 1 heterocycles. The van der Waals surface area contributed by atoms with Crippen LogP contribution in [0.1, 0.15) is 22.3 Å². The molecular weight excluding hydrogens is 364 g/mol. The van der Waals surface area contributed by atoms with Crippen molar-refractivity contribution in [3.8, 4) is 6.07 Å². The average Bonchev–Trinajstić information content (AvgIpc) is 2.51. The van der Waals surface area contributed by atoms with Gasteiger partial charge in [0.2, 0.25) is 5.91 Å². The zero-order chi connectivity index (χ0) is 18.8. The zero-order valence-corrected chi connectivity index (χ0v) is 13.3. The van der Waals surface area contributed by atoms with Gasteiger partial charge in [-0.1, -0.05) is 0 Å². The number of thioether (sulfide) groups is 1. The van der Waals surface area contributed by atoms with Gasteiger partial charge in [0.05, 0.1) is 28.8 Å². The van der Waals surface area contributed by atoms with Crippen molar-refractivity contribution in [2.75, 3.05) is 0 Å². The summed E-state index contributed by atoms with van der Waals surface area (Å²) in [6, 6.07) is 4.64. The first-order chi connectivity index (χ1) is 11.6. The van der Waals surface area contributed by atoms with E-state index in [1.165, 1.54) is 6.07 Å². The second kappa shape index (κ2) is 7.31. The summed E-state index contributed by atoms with van der Waals surface area (Å²) in [5.74, 6) is -6.60. The van der Waals surface area contributed by atoms with E-state index in [1.807, 2.05) is 0 Å². The van der Waals surface area contributed by atoms with Crippen LogP contribution in [0, 0.1) is 29.0 Å². The van der Waals surface area contributed by atoms with E-state index >= 15 is 0 Å². The number of halogens is 4. The maximum absolute atomic E-state index is 13.4. The average molecular weight is 376 g/mol. The number of rotatable bonds is 4. The third-order valence-corrected chi connectivity index (χ3v) is 4.94. The lowest BCUT2D eigenvalue weighted by atomic mass is 9.86. The maximum Gasteiger partial charge on any atom is 0.393 e. The Balaban J connectivity index is 2.17. The van der Waals surface area contributed by atoms with Gasteiger partial charge in [-0.05, 0) is 23.8 Å². The third-order valence-electron chi connectivity index (χ3n) is 3.67. The number of carboxylic acids is 1. The van der Waals surface area contributed by atoms with Crippen molar-refractivity contribution in [1.82, 2.24) is 5.32 Å². The van der Waals surface area contributed by atoms with Crippen molar-refractivity contribution < 1.29 is 32.3 Å². The highest BCUT2D eigenvalue weighted by Crippen LogP contribution is 2.41. The van der Waals surface area contributed by atoms with Crippen LogP contribution in [0.4, 0.5) is 17.6 Å². The van der Waals surface area contributed by atoms with Crippen LogP contribution in [0.5, 0.6) is 0 Å². The van der Waals surface area contributed by atoms with Crippen molar-refractivity contribution in [2.24, 2.45) is 11.8 Å². The minimum atomic E-state index is -4.69. The van der Waals surface area contributed by atoms with Crippen molar-refractivity contribution >= 4 is 23.6 Å². The van der Waals surface area contributed by atoms with E-state index in [0.29, 0.717) is 0 Å². The number of nitriles is 1. The number of hydrogen-bond donors (Lipinski definition) is 2. The Hall–Kier alpha value is -2.28. The molecule has 0 bridgehead atoms. The molecule has 0 saturated carbocycles. The molecule has 0 aliphatic carbocycles. The highest BCUT2D eigenvalue weighted by molar-refractivity contribution is 7.99. The monoisotopic (exact) mass is 376 g/mol. The van der Waals surface area contributed by atoms with Crippen LogP contribution in [0.2, 0.25) is 0 Å². The number of nitrogens with one attached hydrogen (secondary N) is 1. The molecule has 1 aromatic rings. The number of amides is 1. The lowest BCUT2D eigenvalue weighted by molar-refractivity contribution is -0.192. The summed E-state index contributed by atoms with van der Waals surface area (Å²) in [7, 11) is 0. The van der Waals surface area contributed by atoms with Gasteiger partial charge in [-0.3, -0.25) is 4.79 Å². The highest BCUT2D eigenvalue weighted by atomic mass is 32.2. The van der Waals surface area contributed by atoms with Gasteiger partial charge in [0, 0.05) is 12.2 Å². The molecule has 0 aromatic heterocycles. The number of carbonyl (C=O) groups is 2. The summed E-state index contributed by atoms with van der Waals surface area (Å²) >= 11 is 0.822. The van der Waals surface area contributed by atoms with Crippen LogP contribution in [0.15, 0.2) is 18.2 Å². The van der Waals surface area contributed by atoms with Crippen molar-refractivity contribution in [1.29, 1.82) is 5.26 Å². The van der Waals surface area contributed by atoms with Crippen LogP contribution in [0.25, 0.3) is 0 Å². The van der Waals surface area contributed by atoms with E-state index in [9.17, 15) is 27.2 Å². The summed E-state index contributed by atoms with van der Waals surface area (Å²) in [5, 5.41) is 19.2. The molecule has 1 fully saturated rings. The van der Waals surface area contributed by atoms with Crippen molar-refractivity contribution in [3.05, 3.63) is 35.1 Å². The first-order valence-electron chi connectivity index (χ1n) is 7.02. The van der Waals surface area contributed by atoms with Crippen molar-refractivity contribution in [3.63, 3.8) is 0 Å². The molecule has 25 heavy (non-hydrogen) atoms. The van der Waals surface area contributed by atoms with E-state index in [4.69, 9.17) is 10.4 Å². The van der Waals surface area contributed by atoms with Gasteiger partial charge in [0.25, 0.3) is 0 Å². The SMILES string of the molecule is N#CC1C(SCc2cc(F)cc(C(=O)O)c2)NC(=O)CC1C(F)(F)F. The summed E-state index contributed by atoms with van der Waals surface area (Å²) < 4.78 is 52.5. The lowest BCUT2D eigenvalue weighted by Crippen LogP contribution is -2.51. The van der Waals surface area contributed by atoms with Crippen molar-refractivity contribution in [2.45, 2.75) is 23.7 Å². The number of benzene rings is 1. The molecule has 1 aliphatic heterocycles. The van der Waals surface area contributed by atoms with Crippen LogP contribution < -0.4 is 5.32 Å². The Bertz CT molecular complexity index is 732. The Morgan fingerprint density at radius 1 is 1.40 bits per heavy atom. The Labute approximate surface area is 144 Å². The molecule has 5 nitrogen and oxygen atoms in total. The van der Waals surface area contributed by atoms with E-state index in [2.05, 4.69) is 5.32 Å². The zero-order valence-electron chi connectivity index (χ0n) is 12.5. The number of carboxylic acid groups (broad SMARTS) is 1. The van der Waals surface area contributed by atoms with E-state index < -0.39 is 47.5 Å². The van der Waals surface area contributed by atoms with Crippen LogP contribution in [-0.2, 0) is 10.5 Å². The fourth-order valence-corrected chi connectivity index (χ4v) is 3.72. The summed E-state index contributed by atoms with van der Waals surface area (Å²) in [5.41, 5.74) is -0.0734. The van der Waals surface area contributed by atoms with Crippen LogP contribution >= 0.6 is 11.8 Å². The molecule has 1 saturated heterocycles. The molecular formula is C15H12F4N2O3S. The Morgan fingerprint density at radius 3 is 2.64 bits per heavy atom. The Kier molecular flexibility index (Phi) is 5.57. The number of nitrogens with zero attached hydrogens (tertiary/aromatic N) is 1. The molecule has 10 heteroatoms. The standard InChI is InChI=1S/C15H12F4N2O3S/c16-9-2-7(1-8(3-9)14(23)24)6-25-13-10(5-20)11(15(17,18)19)4-12(22)21-13/h1-3,10-11,13H,4,6H2,(H,21,22)(H,23,24). The number of aromatic carboxylic acids is 1. The van der Waals surface area contributed by atoms with Gasteiger partial charge in [-0.15, -0.1) is 11.8 Å². The van der Waals surface area contributed by atoms with Gasteiger partial charge in [0.1, 0.15) is 5.82 Å². The molecule has 0 spiro atoms. The number of alkyl halides is 3. The van der Waals surface area contributed by atoms with E-state index in [0.717, 1.165) is 23.9 Å². The minimum absolute atomic E-state index is 0.0637. The third kappa shape index (κ3) is 4.63. The largest absolute Gasteiger partial charge is 0.478 e. The number of carbonyl (C=O) groups excluding carboxylic acids is 1. The molecule has 3 atom stereocenters. The summed E-state index contributed by atoms with van der Waals surface area (Å²) in [6.07, 6.45) is -5.51. The molecule has 1 aromatic carbocycles. The van der Waals surface area contributed by atoms with Crippen LogP contribution in [0.3, 0.4) is 0 Å². The summed E-state index contributed by atoms with van der Waals surface area (Å²) in [4.78, 5) is 22.4. The minimum Gasteiger partial charge on any atom is -0.478 e. The van der Waals surface area contributed by atoms with Crippen LogP contribution in [-0.4, -0.2) is 28.5 Å². The maximum atomic E-state index is 13.4. The molecule has 2 N–H and O–H groups in total. The first kappa shape index (κ1) is 19.1. The fourth-order valence-electron chi connectivity index (χ4n) is 2.51. The fraction of sp³-hybridized carbons (Fsp3) is 0.400. The second-order valence-electron chi connectivity index (χ2n) is 5.46.